The van der Waals surface area contributed by atoms with Crippen molar-refractivity contribution in [1.29, 1.82) is 0 Å². The van der Waals surface area contributed by atoms with Crippen LogP contribution in [0.15, 0.2) is 30.3 Å². The van der Waals surface area contributed by atoms with E-state index in [4.69, 9.17) is 12.2 Å². The average Bonchev–Trinajstić information content (AvgIpc) is 2.31. The van der Waals surface area contributed by atoms with Crippen LogP contribution in [0.4, 0.5) is 0 Å². The SMILES string of the molecule is S=CC1(c2ccccc2)CCCCC1. The van der Waals surface area contributed by atoms with Gasteiger partial charge in [-0.05, 0) is 23.8 Å². The number of hydrogen-bond acceptors (Lipinski definition) is 1. The Balaban J connectivity index is 2.32. The third-order valence-corrected chi connectivity index (χ3v) is 3.77. The summed E-state index contributed by atoms with van der Waals surface area (Å²) in [5, 5.41) is 2.00. The minimum Gasteiger partial charge on any atom is -0.0925 e. The zero-order valence-electron chi connectivity index (χ0n) is 8.41. The largest absolute Gasteiger partial charge is 0.0925 e. The van der Waals surface area contributed by atoms with Crippen molar-refractivity contribution < 1.29 is 0 Å². The van der Waals surface area contributed by atoms with Gasteiger partial charge in [-0.3, -0.25) is 0 Å². The highest BCUT2D eigenvalue weighted by Gasteiger charge is 2.30. The van der Waals surface area contributed by atoms with Gasteiger partial charge < -0.3 is 0 Å². The van der Waals surface area contributed by atoms with Crippen LogP contribution in [-0.4, -0.2) is 5.37 Å². The van der Waals surface area contributed by atoms with E-state index in [0.717, 1.165) is 0 Å². The van der Waals surface area contributed by atoms with Gasteiger partial charge in [-0.2, -0.15) is 0 Å². The van der Waals surface area contributed by atoms with Crippen LogP contribution in [-0.2, 0) is 5.41 Å². The first-order chi connectivity index (χ1) is 6.87. The lowest BCUT2D eigenvalue weighted by molar-refractivity contribution is 0.389. The Morgan fingerprint density at radius 1 is 1.00 bits per heavy atom. The average molecular weight is 204 g/mol. The smallest absolute Gasteiger partial charge is 0.0236 e. The van der Waals surface area contributed by atoms with Crippen molar-refractivity contribution >= 4 is 17.6 Å². The first kappa shape index (κ1) is 9.85. The quantitative estimate of drug-likeness (QED) is 0.659. The highest BCUT2D eigenvalue weighted by Crippen LogP contribution is 2.37. The molecule has 0 heterocycles. The van der Waals surface area contributed by atoms with E-state index >= 15 is 0 Å². The van der Waals surface area contributed by atoms with Crippen LogP contribution in [0.2, 0.25) is 0 Å². The molecule has 0 nitrogen and oxygen atoms in total. The van der Waals surface area contributed by atoms with Crippen molar-refractivity contribution in [2.45, 2.75) is 37.5 Å². The molecule has 0 saturated heterocycles. The number of thiocarbonyl (C=S) groups is 1. The van der Waals surface area contributed by atoms with Gasteiger partial charge in [0.2, 0.25) is 0 Å². The summed E-state index contributed by atoms with van der Waals surface area (Å²) in [7, 11) is 0. The zero-order chi connectivity index (χ0) is 9.86. The lowest BCUT2D eigenvalue weighted by Gasteiger charge is -2.34. The van der Waals surface area contributed by atoms with Gasteiger partial charge in [-0.25, -0.2) is 0 Å². The maximum Gasteiger partial charge on any atom is 0.0236 e. The molecule has 74 valence electrons. The van der Waals surface area contributed by atoms with Gasteiger partial charge in [-0.15, -0.1) is 0 Å². The van der Waals surface area contributed by atoms with Crippen LogP contribution in [0.3, 0.4) is 0 Å². The fourth-order valence-corrected chi connectivity index (χ4v) is 2.80. The van der Waals surface area contributed by atoms with Crippen LogP contribution in [0.25, 0.3) is 0 Å². The molecule has 1 saturated carbocycles. The summed E-state index contributed by atoms with van der Waals surface area (Å²) in [6.45, 7) is 0. The molecule has 0 aromatic heterocycles. The third-order valence-electron chi connectivity index (χ3n) is 3.32. The van der Waals surface area contributed by atoms with Crippen LogP contribution < -0.4 is 0 Å². The minimum absolute atomic E-state index is 0.203. The molecule has 0 N–H and O–H groups in total. The molecule has 0 unspecified atom stereocenters. The Hall–Kier alpha value is -0.690. The molecule has 1 heteroatoms. The highest BCUT2D eigenvalue weighted by atomic mass is 32.1. The summed E-state index contributed by atoms with van der Waals surface area (Å²) < 4.78 is 0. The monoisotopic (exact) mass is 204 g/mol. The molecule has 1 aromatic carbocycles. The summed E-state index contributed by atoms with van der Waals surface area (Å²) in [4.78, 5) is 0. The van der Waals surface area contributed by atoms with Crippen molar-refractivity contribution in [2.75, 3.05) is 0 Å². The van der Waals surface area contributed by atoms with E-state index in [2.05, 4.69) is 30.3 Å². The van der Waals surface area contributed by atoms with Gasteiger partial charge in [0.25, 0.3) is 0 Å². The van der Waals surface area contributed by atoms with Crippen molar-refractivity contribution in [3.8, 4) is 0 Å². The van der Waals surface area contributed by atoms with E-state index in [0.29, 0.717) is 0 Å². The Morgan fingerprint density at radius 3 is 2.21 bits per heavy atom. The Morgan fingerprint density at radius 2 is 1.64 bits per heavy atom. The molecule has 0 bridgehead atoms. The lowest BCUT2D eigenvalue weighted by Crippen LogP contribution is -2.29. The Bertz CT molecular complexity index is 296. The topological polar surface area (TPSA) is 0 Å². The lowest BCUT2D eigenvalue weighted by atomic mass is 9.71. The molecule has 1 aromatic rings. The van der Waals surface area contributed by atoms with Crippen LogP contribution in [0, 0.1) is 0 Å². The molecule has 0 aliphatic heterocycles. The van der Waals surface area contributed by atoms with E-state index in [1.165, 1.54) is 37.7 Å². The number of benzene rings is 1. The number of rotatable bonds is 2. The van der Waals surface area contributed by atoms with Gasteiger partial charge in [0.05, 0.1) is 0 Å². The molecule has 1 aliphatic carbocycles. The van der Waals surface area contributed by atoms with Crippen LogP contribution >= 0.6 is 12.2 Å². The summed E-state index contributed by atoms with van der Waals surface area (Å²) in [5.41, 5.74) is 1.61. The maximum atomic E-state index is 5.24. The van der Waals surface area contributed by atoms with Crippen LogP contribution in [0.5, 0.6) is 0 Å². The van der Waals surface area contributed by atoms with Crippen LogP contribution in [0.1, 0.15) is 37.7 Å². The fourth-order valence-electron chi connectivity index (χ4n) is 2.43. The Kier molecular flexibility index (Phi) is 2.97. The summed E-state index contributed by atoms with van der Waals surface area (Å²) in [6.07, 6.45) is 6.49. The Labute approximate surface area is 91.3 Å². The van der Waals surface area contributed by atoms with Crippen molar-refractivity contribution in [1.82, 2.24) is 0 Å². The first-order valence-electron chi connectivity index (χ1n) is 5.39. The van der Waals surface area contributed by atoms with Gasteiger partial charge in [0.15, 0.2) is 0 Å². The van der Waals surface area contributed by atoms with Crippen molar-refractivity contribution in [2.24, 2.45) is 0 Å². The van der Waals surface area contributed by atoms with Gasteiger partial charge >= 0.3 is 0 Å². The standard InChI is InChI=1S/C13H16S/c14-11-13(9-5-2-6-10-13)12-7-3-1-4-8-12/h1,3-4,7-8,11H,2,5-6,9-10H2. The molecule has 14 heavy (non-hydrogen) atoms. The van der Waals surface area contributed by atoms with E-state index in [1.54, 1.807) is 0 Å². The van der Waals surface area contributed by atoms with Crippen molar-refractivity contribution in [3.63, 3.8) is 0 Å². The summed E-state index contributed by atoms with van der Waals surface area (Å²) in [6, 6.07) is 10.7. The molecular weight excluding hydrogens is 188 g/mol. The molecule has 1 aliphatic rings. The molecule has 0 spiro atoms. The third kappa shape index (κ3) is 1.74. The van der Waals surface area contributed by atoms with E-state index in [9.17, 15) is 0 Å². The first-order valence-corrected chi connectivity index (χ1v) is 5.86. The highest BCUT2D eigenvalue weighted by molar-refractivity contribution is 7.79. The zero-order valence-corrected chi connectivity index (χ0v) is 9.22. The van der Waals surface area contributed by atoms with Gasteiger partial charge in [0, 0.05) is 5.41 Å². The molecule has 2 rings (SSSR count). The summed E-state index contributed by atoms with van der Waals surface area (Å²) in [5.74, 6) is 0. The molecule has 0 amide bonds. The van der Waals surface area contributed by atoms with Gasteiger partial charge in [-0.1, -0.05) is 61.8 Å². The second-order valence-corrected chi connectivity index (χ2v) is 4.44. The van der Waals surface area contributed by atoms with Gasteiger partial charge in [0.1, 0.15) is 0 Å². The van der Waals surface area contributed by atoms with E-state index in [1.807, 2.05) is 5.37 Å². The molecule has 1 fully saturated rings. The number of hydrogen-bond donors (Lipinski definition) is 0. The molecule has 0 radical (unpaired) electrons. The minimum atomic E-state index is 0.203. The normalized spacial score (nSPS) is 20.3. The summed E-state index contributed by atoms with van der Waals surface area (Å²) >= 11 is 5.24. The predicted octanol–water partition coefficient (Wildman–Crippen LogP) is 3.89. The van der Waals surface area contributed by atoms with E-state index < -0.39 is 0 Å². The van der Waals surface area contributed by atoms with E-state index in [-0.39, 0.29) is 5.41 Å². The second kappa shape index (κ2) is 4.22. The van der Waals surface area contributed by atoms with Crippen molar-refractivity contribution in [3.05, 3.63) is 35.9 Å². The molecule has 0 atom stereocenters. The maximum absolute atomic E-state index is 5.24. The molecular formula is C13H16S. The fraction of sp³-hybridized carbons (Fsp3) is 0.462. The predicted molar refractivity (Wildman–Crippen MR) is 64.9 cm³/mol. The second-order valence-electron chi connectivity index (χ2n) is 4.20.